The zero-order chi connectivity index (χ0) is 13.5. The van der Waals surface area contributed by atoms with Crippen LogP contribution in [0.4, 0.5) is 0 Å². The van der Waals surface area contributed by atoms with Gasteiger partial charge in [-0.3, -0.25) is 0 Å². The van der Waals surface area contributed by atoms with Crippen molar-refractivity contribution in [2.24, 2.45) is 5.73 Å². The van der Waals surface area contributed by atoms with Crippen LogP contribution in [0.3, 0.4) is 0 Å². The first-order valence-corrected chi connectivity index (χ1v) is 8.07. The lowest BCUT2D eigenvalue weighted by molar-refractivity contribution is 0.402. The van der Waals surface area contributed by atoms with Crippen molar-refractivity contribution in [2.45, 2.75) is 49.9 Å². The van der Waals surface area contributed by atoms with E-state index < -0.39 is 0 Å². The molecular formula is C16H22BrNO. The number of methoxy groups -OCH3 is 1. The summed E-state index contributed by atoms with van der Waals surface area (Å²) in [5.74, 6) is 1.70. The molecule has 0 aromatic heterocycles. The Bertz CT molecular complexity index is 476. The van der Waals surface area contributed by atoms with Gasteiger partial charge in [0.25, 0.3) is 0 Å². The molecule has 2 aliphatic rings. The molecule has 0 heterocycles. The first kappa shape index (κ1) is 13.4. The van der Waals surface area contributed by atoms with Crippen LogP contribution in [0, 0.1) is 0 Å². The van der Waals surface area contributed by atoms with Gasteiger partial charge in [0.1, 0.15) is 5.75 Å². The molecule has 104 valence electrons. The summed E-state index contributed by atoms with van der Waals surface area (Å²) in [4.78, 5) is 0. The van der Waals surface area contributed by atoms with Crippen molar-refractivity contribution in [2.75, 3.05) is 13.7 Å². The van der Waals surface area contributed by atoms with E-state index in [2.05, 4.69) is 28.1 Å². The number of halogens is 1. The lowest BCUT2D eigenvalue weighted by atomic mass is 9.89. The number of benzene rings is 1. The molecule has 19 heavy (non-hydrogen) atoms. The van der Waals surface area contributed by atoms with Gasteiger partial charge in [0.2, 0.25) is 0 Å². The van der Waals surface area contributed by atoms with Gasteiger partial charge in [0, 0.05) is 12.0 Å². The summed E-state index contributed by atoms with van der Waals surface area (Å²) in [5, 5.41) is 0. The Kier molecular flexibility index (Phi) is 3.61. The molecule has 0 unspecified atom stereocenters. The molecule has 0 atom stereocenters. The highest BCUT2D eigenvalue weighted by Crippen LogP contribution is 2.51. The minimum Gasteiger partial charge on any atom is -0.495 e. The van der Waals surface area contributed by atoms with E-state index in [0.29, 0.717) is 5.92 Å². The Hall–Kier alpha value is -0.540. The molecule has 2 N–H and O–H groups in total. The summed E-state index contributed by atoms with van der Waals surface area (Å²) in [6, 6.07) is 4.59. The van der Waals surface area contributed by atoms with Crippen LogP contribution >= 0.6 is 15.9 Å². The summed E-state index contributed by atoms with van der Waals surface area (Å²) >= 11 is 3.69. The topological polar surface area (TPSA) is 35.2 Å². The fraction of sp³-hybridized carbons (Fsp3) is 0.625. The van der Waals surface area contributed by atoms with Crippen LogP contribution in [0.2, 0.25) is 0 Å². The average molecular weight is 324 g/mol. The first-order valence-electron chi connectivity index (χ1n) is 7.28. The van der Waals surface area contributed by atoms with Crippen LogP contribution in [0.5, 0.6) is 5.75 Å². The highest BCUT2D eigenvalue weighted by Gasteiger charge is 2.43. The fourth-order valence-corrected chi connectivity index (χ4v) is 4.08. The predicted molar refractivity (Wildman–Crippen MR) is 81.9 cm³/mol. The highest BCUT2D eigenvalue weighted by atomic mass is 79.9. The number of hydrogen-bond donors (Lipinski definition) is 1. The number of rotatable bonds is 4. The minimum atomic E-state index is 0.252. The first-order chi connectivity index (χ1) is 9.20. The van der Waals surface area contributed by atoms with Crippen molar-refractivity contribution >= 4 is 15.9 Å². The van der Waals surface area contributed by atoms with Crippen molar-refractivity contribution in [3.8, 4) is 5.75 Å². The van der Waals surface area contributed by atoms with Gasteiger partial charge in [-0.1, -0.05) is 18.9 Å². The molecule has 0 saturated heterocycles. The average Bonchev–Trinajstić information content (AvgIpc) is 3.04. The predicted octanol–water partition coefficient (Wildman–Crippen LogP) is 4.11. The van der Waals surface area contributed by atoms with Crippen molar-refractivity contribution in [3.63, 3.8) is 0 Å². The maximum Gasteiger partial charge on any atom is 0.136 e. The van der Waals surface area contributed by atoms with Gasteiger partial charge < -0.3 is 10.5 Å². The minimum absolute atomic E-state index is 0.252. The number of ether oxygens (including phenoxy) is 1. The molecular weight excluding hydrogens is 302 g/mol. The zero-order valence-corrected chi connectivity index (χ0v) is 13.1. The summed E-state index contributed by atoms with van der Waals surface area (Å²) in [5.41, 5.74) is 9.03. The Labute approximate surface area is 123 Å². The van der Waals surface area contributed by atoms with E-state index in [1.807, 2.05) is 0 Å². The van der Waals surface area contributed by atoms with Crippen molar-refractivity contribution in [3.05, 3.63) is 27.7 Å². The normalized spacial score (nSPS) is 21.6. The smallest absolute Gasteiger partial charge is 0.136 e. The molecule has 2 aliphatic carbocycles. The summed E-state index contributed by atoms with van der Waals surface area (Å²) < 4.78 is 6.72. The van der Waals surface area contributed by atoms with Crippen LogP contribution in [0.25, 0.3) is 0 Å². The molecule has 0 radical (unpaired) electrons. The van der Waals surface area contributed by atoms with E-state index in [9.17, 15) is 0 Å². The lowest BCUT2D eigenvalue weighted by Crippen LogP contribution is -2.20. The van der Waals surface area contributed by atoms with Gasteiger partial charge in [0.15, 0.2) is 0 Å². The Morgan fingerprint density at radius 1 is 1.32 bits per heavy atom. The van der Waals surface area contributed by atoms with Crippen molar-refractivity contribution < 1.29 is 4.74 Å². The molecule has 0 bridgehead atoms. The molecule has 1 aromatic carbocycles. The molecule has 2 nitrogen and oxygen atoms in total. The largest absolute Gasteiger partial charge is 0.495 e. The zero-order valence-electron chi connectivity index (χ0n) is 11.5. The van der Waals surface area contributed by atoms with Gasteiger partial charge >= 0.3 is 0 Å². The molecule has 2 fully saturated rings. The molecule has 2 saturated carbocycles. The van der Waals surface area contributed by atoms with Crippen LogP contribution in [0.1, 0.15) is 55.6 Å². The second-order valence-electron chi connectivity index (χ2n) is 6.05. The van der Waals surface area contributed by atoms with Crippen molar-refractivity contribution in [1.82, 2.24) is 0 Å². The van der Waals surface area contributed by atoms with E-state index in [0.717, 1.165) is 16.8 Å². The maximum atomic E-state index is 5.98. The second kappa shape index (κ2) is 5.10. The monoisotopic (exact) mass is 323 g/mol. The molecule has 0 spiro atoms. The second-order valence-corrected chi connectivity index (χ2v) is 6.90. The molecule has 3 rings (SSSR count). The van der Waals surface area contributed by atoms with E-state index in [-0.39, 0.29) is 5.41 Å². The summed E-state index contributed by atoms with van der Waals surface area (Å²) in [6.07, 6.45) is 7.73. The molecule has 0 amide bonds. The van der Waals surface area contributed by atoms with E-state index in [1.165, 1.54) is 49.7 Å². The van der Waals surface area contributed by atoms with Gasteiger partial charge in [-0.05, 0) is 64.7 Å². The van der Waals surface area contributed by atoms with Gasteiger partial charge in [0.05, 0.1) is 11.6 Å². The van der Waals surface area contributed by atoms with Gasteiger partial charge in [-0.25, -0.2) is 0 Å². The van der Waals surface area contributed by atoms with Crippen LogP contribution in [0.15, 0.2) is 16.6 Å². The van der Waals surface area contributed by atoms with Crippen molar-refractivity contribution in [1.29, 1.82) is 0 Å². The standard InChI is InChI=1S/C16H22BrNO/c1-19-15-13(11-4-2-3-5-11)8-12(9-14(15)17)16(10-18)6-7-16/h8-9,11H,2-7,10,18H2,1H3. The molecule has 3 heteroatoms. The van der Waals surface area contributed by atoms with E-state index in [4.69, 9.17) is 10.5 Å². The Morgan fingerprint density at radius 3 is 2.53 bits per heavy atom. The SMILES string of the molecule is COc1c(Br)cc(C2(CN)CC2)cc1C1CCCC1. The van der Waals surface area contributed by atoms with E-state index >= 15 is 0 Å². The quantitative estimate of drug-likeness (QED) is 0.905. The molecule has 1 aromatic rings. The van der Waals surface area contributed by atoms with Gasteiger partial charge in [-0.15, -0.1) is 0 Å². The Balaban J connectivity index is 2.04. The fourth-order valence-electron chi connectivity index (χ4n) is 3.44. The third-order valence-electron chi connectivity index (χ3n) is 4.93. The summed E-state index contributed by atoms with van der Waals surface area (Å²) in [7, 11) is 1.77. The third kappa shape index (κ3) is 2.31. The maximum absolute atomic E-state index is 5.98. The third-order valence-corrected chi connectivity index (χ3v) is 5.52. The van der Waals surface area contributed by atoms with Gasteiger partial charge in [-0.2, -0.15) is 0 Å². The molecule has 0 aliphatic heterocycles. The van der Waals surface area contributed by atoms with Crippen LogP contribution in [-0.2, 0) is 5.41 Å². The summed E-state index contributed by atoms with van der Waals surface area (Å²) in [6.45, 7) is 0.760. The van der Waals surface area contributed by atoms with Crippen LogP contribution in [-0.4, -0.2) is 13.7 Å². The van der Waals surface area contributed by atoms with Crippen LogP contribution < -0.4 is 10.5 Å². The van der Waals surface area contributed by atoms with E-state index in [1.54, 1.807) is 7.11 Å². The Morgan fingerprint density at radius 2 is 2.00 bits per heavy atom. The number of hydrogen-bond acceptors (Lipinski definition) is 2. The number of nitrogens with two attached hydrogens (primary N) is 1. The highest BCUT2D eigenvalue weighted by molar-refractivity contribution is 9.10. The lowest BCUT2D eigenvalue weighted by Gasteiger charge is -2.21.